The number of aromatic amines is 1. The summed E-state index contributed by atoms with van der Waals surface area (Å²) in [5.74, 6) is -0.621. The summed E-state index contributed by atoms with van der Waals surface area (Å²) in [5, 5.41) is 7.44. The molecule has 0 aliphatic heterocycles. The lowest BCUT2D eigenvalue weighted by Gasteiger charge is -2.11. The van der Waals surface area contributed by atoms with Gasteiger partial charge in [0, 0.05) is 22.7 Å². The van der Waals surface area contributed by atoms with Crippen LogP contribution in [-0.2, 0) is 6.18 Å². The number of hydrogen-bond acceptors (Lipinski definition) is 3. The fourth-order valence-electron chi connectivity index (χ4n) is 3.08. The summed E-state index contributed by atoms with van der Waals surface area (Å²) in [5.41, 5.74) is 2.42. The van der Waals surface area contributed by atoms with Crippen LogP contribution in [0.15, 0.2) is 36.5 Å². The van der Waals surface area contributed by atoms with E-state index in [1.807, 2.05) is 0 Å². The molecule has 5 nitrogen and oxygen atoms in total. The third-order valence-corrected chi connectivity index (χ3v) is 4.46. The van der Waals surface area contributed by atoms with Crippen molar-refractivity contribution in [2.75, 3.05) is 0 Å². The first-order valence-corrected chi connectivity index (χ1v) is 7.91. The van der Waals surface area contributed by atoms with Gasteiger partial charge in [-0.05, 0) is 43.2 Å². The van der Waals surface area contributed by atoms with Gasteiger partial charge >= 0.3 is 6.18 Å². The van der Waals surface area contributed by atoms with Crippen LogP contribution < -0.4 is 0 Å². The van der Waals surface area contributed by atoms with Gasteiger partial charge in [0.25, 0.3) is 0 Å². The predicted octanol–water partition coefficient (Wildman–Crippen LogP) is 4.19. The van der Waals surface area contributed by atoms with E-state index in [4.69, 9.17) is 0 Å². The molecule has 1 N–H and O–H groups in total. The van der Waals surface area contributed by atoms with Crippen LogP contribution in [0.5, 0.6) is 0 Å². The minimum Gasteiger partial charge on any atom is -0.278 e. The fraction of sp³-hybridized carbons (Fsp3) is 0.235. The summed E-state index contributed by atoms with van der Waals surface area (Å²) in [7, 11) is 0. The minimum absolute atomic E-state index is 0.236. The highest BCUT2D eigenvalue weighted by Crippen LogP contribution is 2.40. The Hall–Kier alpha value is -2.90. The highest BCUT2D eigenvalue weighted by atomic mass is 19.4. The zero-order valence-corrected chi connectivity index (χ0v) is 12.9. The number of alkyl halides is 3. The van der Waals surface area contributed by atoms with E-state index in [1.54, 1.807) is 36.5 Å². The molecule has 1 fully saturated rings. The molecule has 1 aliphatic carbocycles. The number of halogens is 3. The maximum atomic E-state index is 13.6. The number of hydrogen-bond donors (Lipinski definition) is 1. The Kier molecular flexibility index (Phi) is 2.78. The van der Waals surface area contributed by atoms with Gasteiger partial charge in [-0.15, -0.1) is 0 Å². The van der Waals surface area contributed by atoms with Gasteiger partial charge in [0.15, 0.2) is 5.65 Å². The molecule has 5 rings (SSSR count). The third kappa shape index (κ3) is 2.28. The normalized spacial score (nSPS) is 15.3. The largest absolute Gasteiger partial charge is 0.450 e. The molecule has 0 unspecified atom stereocenters. The Morgan fingerprint density at radius 2 is 1.92 bits per heavy atom. The maximum Gasteiger partial charge on any atom is 0.450 e. The Morgan fingerprint density at radius 1 is 1.08 bits per heavy atom. The minimum atomic E-state index is -4.58. The van der Waals surface area contributed by atoms with E-state index in [1.165, 1.54) is 0 Å². The summed E-state index contributed by atoms with van der Waals surface area (Å²) in [6, 6.07) is 8.37. The Bertz CT molecular complexity index is 1100. The van der Waals surface area contributed by atoms with Gasteiger partial charge < -0.3 is 0 Å². The summed E-state index contributed by atoms with van der Waals surface area (Å²) < 4.78 is 41.8. The highest BCUT2D eigenvalue weighted by Gasteiger charge is 2.39. The number of nitrogens with one attached hydrogen (secondary N) is 1. The van der Waals surface area contributed by atoms with Crippen molar-refractivity contribution in [1.82, 2.24) is 24.7 Å². The molecule has 8 heteroatoms. The summed E-state index contributed by atoms with van der Waals surface area (Å²) in [4.78, 5) is 8.29. The van der Waals surface area contributed by atoms with Crippen LogP contribution in [0.2, 0.25) is 0 Å². The Balaban J connectivity index is 1.81. The molecule has 25 heavy (non-hydrogen) atoms. The van der Waals surface area contributed by atoms with Crippen LogP contribution in [0.3, 0.4) is 0 Å². The second-order valence-corrected chi connectivity index (χ2v) is 6.26. The van der Waals surface area contributed by atoms with Crippen molar-refractivity contribution in [2.45, 2.75) is 24.9 Å². The molecule has 0 spiro atoms. The number of rotatable bonds is 2. The second kappa shape index (κ2) is 4.81. The van der Waals surface area contributed by atoms with Crippen LogP contribution in [0, 0.1) is 0 Å². The number of pyridine rings is 1. The fourth-order valence-corrected chi connectivity index (χ4v) is 3.08. The maximum absolute atomic E-state index is 13.6. The number of fused-ring (bicyclic) bond motifs is 2. The number of aromatic nitrogens is 5. The van der Waals surface area contributed by atoms with Gasteiger partial charge in [-0.1, -0.05) is 0 Å². The average Bonchev–Trinajstić information content (AvgIpc) is 3.19. The van der Waals surface area contributed by atoms with Crippen molar-refractivity contribution in [3.05, 3.63) is 48.0 Å². The van der Waals surface area contributed by atoms with Crippen LogP contribution >= 0.6 is 0 Å². The van der Waals surface area contributed by atoms with Gasteiger partial charge in [0.05, 0.1) is 11.7 Å². The van der Waals surface area contributed by atoms with E-state index in [0.717, 1.165) is 34.0 Å². The van der Waals surface area contributed by atoms with Gasteiger partial charge in [-0.2, -0.15) is 18.3 Å². The van der Waals surface area contributed by atoms with Crippen molar-refractivity contribution in [2.24, 2.45) is 0 Å². The van der Waals surface area contributed by atoms with Crippen LogP contribution in [0.1, 0.15) is 30.3 Å². The molecular formula is C17H12F3N5. The van der Waals surface area contributed by atoms with Gasteiger partial charge in [-0.3, -0.25) is 9.67 Å². The van der Waals surface area contributed by atoms with Crippen molar-refractivity contribution in [1.29, 1.82) is 0 Å². The molecule has 0 saturated heterocycles. The molecule has 1 aromatic carbocycles. The van der Waals surface area contributed by atoms with Crippen molar-refractivity contribution >= 4 is 22.1 Å². The van der Waals surface area contributed by atoms with E-state index in [0.29, 0.717) is 11.6 Å². The van der Waals surface area contributed by atoms with Crippen LogP contribution in [0.25, 0.3) is 27.8 Å². The number of imidazole rings is 1. The monoisotopic (exact) mass is 343 g/mol. The van der Waals surface area contributed by atoms with Gasteiger partial charge in [-0.25, -0.2) is 9.97 Å². The van der Waals surface area contributed by atoms with E-state index in [2.05, 4.69) is 20.2 Å². The van der Waals surface area contributed by atoms with Crippen molar-refractivity contribution in [3.63, 3.8) is 0 Å². The smallest absolute Gasteiger partial charge is 0.278 e. The zero-order valence-electron chi connectivity index (χ0n) is 12.9. The molecule has 3 heterocycles. The predicted molar refractivity (Wildman–Crippen MR) is 85.5 cm³/mol. The van der Waals surface area contributed by atoms with E-state index < -0.39 is 12.0 Å². The Labute approximate surface area is 139 Å². The SMILES string of the molecule is FC(F)(F)c1nc2ccc(C3CC3)nc2n1-c1ccc2[nH]ncc2c1. The molecular weight excluding hydrogens is 331 g/mol. The lowest BCUT2D eigenvalue weighted by atomic mass is 10.2. The summed E-state index contributed by atoms with van der Waals surface area (Å²) in [6.45, 7) is 0. The molecule has 4 aromatic rings. The second-order valence-electron chi connectivity index (χ2n) is 6.26. The van der Waals surface area contributed by atoms with E-state index in [-0.39, 0.29) is 11.2 Å². The van der Waals surface area contributed by atoms with E-state index >= 15 is 0 Å². The van der Waals surface area contributed by atoms with Gasteiger partial charge in [0.1, 0.15) is 5.52 Å². The van der Waals surface area contributed by atoms with Crippen molar-refractivity contribution < 1.29 is 13.2 Å². The lowest BCUT2D eigenvalue weighted by Crippen LogP contribution is -2.14. The number of H-pyrrole nitrogens is 1. The summed E-state index contributed by atoms with van der Waals surface area (Å²) >= 11 is 0. The van der Waals surface area contributed by atoms with Gasteiger partial charge in [0.2, 0.25) is 5.82 Å². The van der Waals surface area contributed by atoms with E-state index in [9.17, 15) is 13.2 Å². The molecule has 0 atom stereocenters. The molecule has 1 aliphatic rings. The standard InChI is InChI=1S/C17H12F3N5/c18-17(19,20)16-23-14-6-5-12(9-1-2-9)22-15(14)25(16)11-3-4-13-10(7-11)8-21-24-13/h3-9H,1-2H2,(H,21,24). The topological polar surface area (TPSA) is 59.4 Å². The molecule has 3 aromatic heterocycles. The first kappa shape index (κ1) is 14.4. The number of benzene rings is 1. The average molecular weight is 343 g/mol. The quantitative estimate of drug-likeness (QED) is 0.594. The van der Waals surface area contributed by atoms with Crippen molar-refractivity contribution in [3.8, 4) is 5.69 Å². The Morgan fingerprint density at radius 3 is 2.68 bits per heavy atom. The van der Waals surface area contributed by atoms with Crippen LogP contribution in [0.4, 0.5) is 13.2 Å². The molecule has 0 bridgehead atoms. The first-order valence-electron chi connectivity index (χ1n) is 7.91. The number of nitrogens with zero attached hydrogens (tertiary/aromatic N) is 4. The van der Waals surface area contributed by atoms with Crippen LogP contribution in [-0.4, -0.2) is 24.7 Å². The molecule has 126 valence electrons. The molecule has 1 saturated carbocycles. The summed E-state index contributed by atoms with van der Waals surface area (Å²) in [6.07, 6.45) is -0.945. The third-order valence-electron chi connectivity index (χ3n) is 4.46. The highest BCUT2D eigenvalue weighted by molar-refractivity contribution is 5.82. The lowest BCUT2D eigenvalue weighted by molar-refractivity contribution is -0.145. The molecule has 0 amide bonds. The zero-order chi connectivity index (χ0) is 17.2. The first-order chi connectivity index (χ1) is 12.0. The molecule has 0 radical (unpaired) electrons.